The summed E-state index contributed by atoms with van der Waals surface area (Å²) in [7, 11) is 2.74. The molecule has 0 bridgehead atoms. The van der Waals surface area contributed by atoms with Crippen molar-refractivity contribution in [2.24, 2.45) is 0 Å². The third-order valence-corrected chi connectivity index (χ3v) is 2.93. The molecule has 0 aliphatic carbocycles. The summed E-state index contributed by atoms with van der Waals surface area (Å²) in [6.45, 7) is 0.273. The molecule has 0 unspecified atom stereocenters. The minimum Gasteiger partial charge on any atom is -0.497 e. The molecule has 2 rings (SSSR count). The lowest BCUT2D eigenvalue weighted by molar-refractivity contribution is 0.0574. The number of hydrogen-bond acceptors (Lipinski definition) is 5. The van der Waals surface area contributed by atoms with Gasteiger partial charge < -0.3 is 19.1 Å². The minimum atomic E-state index is -1.23. The highest BCUT2D eigenvalue weighted by Crippen LogP contribution is 2.15. The van der Waals surface area contributed by atoms with Gasteiger partial charge in [-0.1, -0.05) is 12.1 Å². The second-order valence-electron chi connectivity index (χ2n) is 4.21. The molecular weight excluding hydrogens is 276 g/mol. The third-order valence-electron chi connectivity index (χ3n) is 2.93. The maximum absolute atomic E-state index is 11.5. The van der Waals surface area contributed by atoms with Crippen LogP contribution in [0.25, 0.3) is 0 Å². The normalized spacial score (nSPS) is 10.2. The first kappa shape index (κ1) is 14.6. The Labute approximate surface area is 120 Å². The van der Waals surface area contributed by atoms with Gasteiger partial charge >= 0.3 is 11.9 Å². The van der Waals surface area contributed by atoms with E-state index in [9.17, 15) is 14.7 Å². The van der Waals surface area contributed by atoms with Gasteiger partial charge in [0.25, 0.3) is 0 Å². The van der Waals surface area contributed by atoms with Gasteiger partial charge in [0.05, 0.1) is 20.5 Å². The van der Waals surface area contributed by atoms with Gasteiger partial charge in [0.1, 0.15) is 5.75 Å². The van der Waals surface area contributed by atoms with Crippen LogP contribution in [0.15, 0.2) is 30.6 Å². The predicted octanol–water partition coefficient (Wildman–Crippen LogP) is 1.42. The van der Waals surface area contributed by atoms with Crippen molar-refractivity contribution >= 4 is 11.9 Å². The van der Waals surface area contributed by atoms with Crippen molar-refractivity contribution in [1.29, 1.82) is 0 Å². The van der Waals surface area contributed by atoms with Crippen molar-refractivity contribution in [1.82, 2.24) is 9.55 Å². The van der Waals surface area contributed by atoms with Crippen molar-refractivity contribution in [3.05, 3.63) is 47.5 Å². The smallest absolute Gasteiger partial charge is 0.359 e. The number of aromatic nitrogens is 2. The van der Waals surface area contributed by atoms with E-state index in [0.29, 0.717) is 5.75 Å². The number of hydrogen-bond donors (Lipinski definition) is 1. The standard InChI is InChI=1S/C14H14N2O5/c1-20-10-5-3-9(4-6-10)7-16-8-15-11(14(19)21-2)12(16)13(17)18/h3-6,8H,7H2,1-2H3,(H,17,18). The van der Waals surface area contributed by atoms with Crippen molar-refractivity contribution in [2.45, 2.75) is 6.54 Å². The fraction of sp³-hybridized carbons (Fsp3) is 0.214. The first-order valence-corrected chi connectivity index (χ1v) is 6.06. The van der Waals surface area contributed by atoms with E-state index >= 15 is 0 Å². The zero-order chi connectivity index (χ0) is 15.4. The number of methoxy groups -OCH3 is 2. The molecule has 1 aromatic carbocycles. The Kier molecular flexibility index (Phi) is 4.22. The average Bonchev–Trinajstić information content (AvgIpc) is 2.91. The summed E-state index contributed by atoms with van der Waals surface area (Å²) in [5.74, 6) is -1.31. The SMILES string of the molecule is COC(=O)c1ncn(Cc2ccc(OC)cc2)c1C(=O)O. The van der Waals surface area contributed by atoms with Crippen molar-refractivity contribution in [3.63, 3.8) is 0 Å². The van der Waals surface area contributed by atoms with Crippen LogP contribution in [0.2, 0.25) is 0 Å². The first-order valence-electron chi connectivity index (χ1n) is 6.06. The molecule has 2 aromatic rings. The fourth-order valence-electron chi connectivity index (χ4n) is 1.90. The summed E-state index contributed by atoms with van der Waals surface area (Å²) in [6.07, 6.45) is 1.31. The number of rotatable bonds is 5. The minimum absolute atomic E-state index is 0.197. The van der Waals surface area contributed by atoms with E-state index in [2.05, 4.69) is 9.72 Å². The maximum Gasteiger partial charge on any atom is 0.359 e. The van der Waals surface area contributed by atoms with Crippen LogP contribution < -0.4 is 4.74 Å². The van der Waals surface area contributed by atoms with E-state index in [-0.39, 0.29) is 17.9 Å². The number of carbonyl (C=O) groups excluding carboxylic acids is 1. The number of benzene rings is 1. The van der Waals surface area contributed by atoms with Crippen molar-refractivity contribution in [3.8, 4) is 5.75 Å². The van der Waals surface area contributed by atoms with Gasteiger partial charge in [0.15, 0.2) is 11.4 Å². The van der Waals surface area contributed by atoms with Crippen LogP contribution >= 0.6 is 0 Å². The van der Waals surface area contributed by atoms with E-state index in [1.54, 1.807) is 19.2 Å². The monoisotopic (exact) mass is 290 g/mol. The van der Waals surface area contributed by atoms with Crippen molar-refractivity contribution in [2.75, 3.05) is 14.2 Å². The zero-order valence-electron chi connectivity index (χ0n) is 11.6. The number of imidazole rings is 1. The summed E-state index contributed by atoms with van der Waals surface area (Å²) in [4.78, 5) is 26.7. The first-order chi connectivity index (χ1) is 10.1. The Morgan fingerprint density at radius 2 is 1.90 bits per heavy atom. The molecule has 0 radical (unpaired) electrons. The fourth-order valence-corrected chi connectivity index (χ4v) is 1.90. The van der Waals surface area contributed by atoms with E-state index in [0.717, 1.165) is 5.56 Å². The number of carboxylic acids is 1. The number of aromatic carboxylic acids is 1. The van der Waals surface area contributed by atoms with E-state index < -0.39 is 11.9 Å². The molecule has 21 heavy (non-hydrogen) atoms. The quantitative estimate of drug-likeness (QED) is 0.838. The highest BCUT2D eigenvalue weighted by Gasteiger charge is 2.24. The molecule has 0 aliphatic rings. The van der Waals surface area contributed by atoms with Gasteiger partial charge in [0, 0.05) is 6.54 Å². The number of carbonyl (C=O) groups is 2. The lowest BCUT2D eigenvalue weighted by Crippen LogP contribution is -2.14. The molecule has 0 fully saturated rings. The maximum atomic E-state index is 11.5. The van der Waals surface area contributed by atoms with Gasteiger partial charge in [-0.25, -0.2) is 14.6 Å². The Morgan fingerprint density at radius 3 is 2.43 bits per heavy atom. The highest BCUT2D eigenvalue weighted by atomic mass is 16.5. The van der Waals surface area contributed by atoms with Crippen LogP contribution in [0.5, 0.6) is 5.75 Å². The van der Waals surface area contributed by atoms with Crippen LogP contribution in [0.4, 0.5) is 0 Å². The van der Waals surface area contributed by atoms with Gasteiger partial charge in [-0.05, 0) is 17.7 Å². The van der Waals surface area contributed by atoms with E-state index in [1.165, 1.54) is 18.0 Å². The van der Waals surface area contributed by atoms with E-state index in [4.69, 9.17) is 4.74 Å². The van der Waals surface area contributed by atoms with Crippen LogP contribution in [-0.2, 0) is 11.3 Å². The topological polar surface area (TPSA) is 90.6 Å². The van der Waals surface area contributed by atoms with Gasteiger partial charge in [-0.15, -0.1) is 0 Å². The van der Waals surface area contributed by atoms with Crippen LogP contribution in [0.1, 0.15) is 26.5 Å². The van der Waals surface area contributed by atoms with Crippen molar-refractivity contribution < 1.29 is 24.2 Å². The second-order valence-corrected chi connectivity index (χ2v) is 4.21. The van der Waals surface area contributed by atoms with E-state index in [1.807, 2.05) is 12.1 Å². The Hall–Kier alpha value is -2.83. The summed E-state index contributed by atoms with van der Waals surface area (Å²) >= 11 is 0. The number of carboxylic acid groups (broad SMARTS) is 1. The number of nitrogens with zero attached hydrogens (tertiary/aromatic N) is 2. The van der Waals surface area contributed by atoms with Gasteiger partial charge in [-0.3, -0.25) is 0 Å². The zero-order valence-corrected chi connectivity index (χ0v) is 11.6. The molecule has 0 spiro atoms. The molecular formula is C14H14N2O5. The molecule has 0 saturated carbocycles. The predicted molar refractivity (Wildman–Crippen MR) is 72.6 cm³/mol. The molecule has 110 valence electrons. The van der Waals surface area contributed by atoms with Gasteiger partial charge in [-0.2, -0.15) is 0 Å². The van der Waals surface area contributed by atoms with Gasteiger partial charge in [0.2, 0.25) is 0 Å². The second kappa shape index (κ2) is 6.08. The highest BCUT2D eigenvalue weighted by molar-refractivity contribution is 5.99. The molecule has 1 aromatic heterocycles. The largest absolute Gasteiger partial charge is 0.497 e. The molecule has 7 nitrogen and oxygen atoms in total. The van der Waals surface area contributed by atoms with Crippen LogP contribution in [0.3, 0.4) is 0 Å². The lowest BCUT2D eigenvalue weighted by Gasteiger charge is -2.07. The summed E-state index contributed by atoms with van der Waals surface area (Å²) in [5.41, 5.74) is 0.447. The molecule has 7 heteroatoms. The average molecular weight is 290 g/mol. The lowest BCUT2D eigenvalue weighted by atomic mass is 10.2. The Bertz CT molecular complexity index is 661. The summed E-state index contributed by atoms with van der Waals surface area (Å²) < 4.78 is 11.0. The summed E-state index contributed by atoms with van der Waals surface area (Å²) in [6, 6.07) is 7.16. The molecule has 0 aliphatic heterocycles. The van der Waals surface area contributed by atoms with Crippen LogP contribution in [0, 0.1) is 0 Å². The van der Waals surface area contributed by atoms with Crippen LogP contribution in [-0.4, -0.2) is 40.8 Å². The summed E-state index contributed by atoms with van der Waals surface area (Å²) in [5, 5.41) is 9.25. The Balaban J connectivity index is 2.33. The molecule has 0 saturated heterocycles. The molecule has 0 amide bonds. The molecule has 1 N–H and O–H groups in total. The molecule has 0 atom stereocenters. The Morgan fingerprint density at radius 1 is 1.24 bits per heavy atom. The third kappa shape index (κ3) is 3.02. The molecule has 1 heterocycles. The number of esters is 1. The number of ether oxygens (including phenoxy) is 2.